The molecule has 1 aliphatic rings. The molecule has 1 heterocycles. The van der Waals surface area contributed by atoms with Crippen molar-refractivity contribution in [2.75, 3.05) is 19.8 Å². The minimum absolute atomic E-state index is 0.272. The zero-order chi connectivity index (χ0) is 12.1. The number of benzene rings is 1. The van der Waals surface area contributed by atoms with Crippen LogP contribution in [0.2, 0.25) is 0 Å². The molecule has 0 spiro atoms. The predicted molar refractivity (Wildman–Crippen MR) is 67.6 cm³/mol. The second-order valence-corrected chi connectivity index (χ2v) is 4.86. The Hall–Kier alpha value is -0.900. The van der Waals surface area contributed by atoms with Crippen LogP contribution in [-0.2, 0) is 10.3 Å². The first-order chi connectivity index (χ1) is 8.24. The molecule has 0 saturated carbocycles. The average Bonchev–Trinajstić information content (AvgIpc) is 2.41. The van der Waals surface area contributed by atoms with Gasteiger partial charge in [-0.05, 0) is 30.7 Å². The van der Waals surface area contributed by atoms with Crippen LogP contribution in [0.1, 0.15) is 24.8 Å². The first kappa shape index (κ1) is 12.6. The van der Waals surface area contributed by atoms with Crippen molar-refractivity contribution in [2.45, 2.75) is 24.9 Å². The van der Waals surface area contributed by atoms with E-state index in [1.807, 2.05) is 30.3 Å². The predicted octanol–water partition coefficient (Wildman–Crippen LogP) is 1.65. The van der Waals surface area contributed by atoms with E-state index < -0.39 is 5.60 Å². The van der Waals surface area contributed by atoms with Crippen LogP contribution < -0.4 is 5.73 Å². The van der Waals surface area contributed by atoms with E-state index in [0.717, 1.165) is 38.0 Å². The van der Waals surface area contributed by atoms with Crippen molar-refractivity contribution in [2.24, 2.45) is 11.7 Å². The Morgan fingerprint density at radius 2 is 1.88 bits per heavy atom. The summed E-state index contributed by atoms with van der Waals surface area (Å²) in [6.07, 6.45) is 2.78. The second-order valence-electron chi connectivity index (χ2n) is 4.86. The molecule has 1 aromatic rings. The fraction of sp³-hybridized carbons (Fsp3) is 0.571. The van der Waals surface area contributed by atoms with Gasteiger partial charge in [-0.3, -0.25) is 0 Å². The summed E-state index contributed by atoms with van der Waals surface area (Å²) in [5.41, 5.74) is 5.81. The molecule has 94 valence electrons. The second kappa shape index (κ2) is 5.63. The highest BCUT2D eigenvalue weighted by Gasteiger charge is 2.31. The van der Waals surface area contributed by atoms with Gasteiger partial charge in [-0.2, -0.15) is 0 Å². The molecule has 0 radical (unpaired) electrons. The van der Waals surface area contributed by atoms with E-state index in [1.165, 1.54) is 0 Å². The smallest absolute Gasteiger partial charge is 0.102 e. The Morgan fingerprint density at radius 1 is 1.24 bits per heavy atom. The Labute approximate surface area is 103 Å². The lowest BCUT2D eigenvalue weighted by Crippen LogP contribution is -2.38. The molecule has 1 aliphatic heterocycles. The van der Waals surface area contributed by atoms with E-state index in [0.29, 0.717) is 5.92 Å². The van der Waals surface area contributed by atoms with E-state index in [1.54, 1.807) is 0 Å². The van der Waals surface area contributed by atoms with Crippen LogP contribution in [-0.4, -0.2) is 24.9 Å². The monoisotopic (exact) mass is 235 g/mol. The van der Waals surface area contributed by atoms with Gasteiger partial charge in [0.05, 0.1) is 0 Å². The zero-order valence-corrected chi connectivity index (χ0v) is 10.1. The number of nitrogens with two attached hydrogens (primary N) is 1. The molecule has 1 aromatic carbocycles. The largest absolute Gasteiger partial charge is 0.384 e. The van der Waals surface area contributed by atoms with Crippen LogP contribution in [0.5, 0.6) is 0 Å². The zero-order valence-electron chi connectivity index (χ0n) is 10.1. The van der Waals surface area contributed by atoms with Crippen LogP contribution in [0.25, 0.3) is 0 Å². The molecule has 0 aliphatic carbocycles. The van der Waals surface area contributed by atoms with Gasteiger partial charge in [0, 0.05) is 19.8 Å². The van der Waals surface area contributed by atoms with Gasteiger partial charge in [0.15, 0.2) is 0 Å². The van der Waals surface area contributed by atoms with Crippen LogP contribution >= 0.6 is 0 Å². The maximum Gasteiger partial charge on any atom is 0.102 e. The first-order valence-corrected chi connectivity index (χ1v) is 6.30. The summed E-state index contributed by atoms with van der Waals surface area (Å²) in [7, 11) is 0. The number of rotatable bonds is 4. The van der Waals surface area contributed by atoms with E-state index >= 15 is 0 Å². The maximum absolute atomic E-state index is 10.7. The van der Waals surface area contributed by atoms with Crippen molar-refractivity contribution in [1.29, 1.82) is 0 Å². The molecule has 3 nitrogen and oxygen atoms in total. The van der Waals surface area contributed by atoms with Crippen molar-refractivity contribution in [3.8, 4) is 0 Å². The lowest BCUT2D eigenvalue weighted by Gasteiger charge is -2.33. The van der Waals surface area contributed by atoms with Gasteiger partial charge in [0.25, 0.3) is 0 Å². The number of ether oxygens (including phenoxy) is 1. The summed E-state index contributed by atoms with van der Waals surface area (Å²) in [5.74, 6) is 0.512. The molecule has 17 heavy (non-hydrogen) atoms. The maximum atomic E-state index is 10.7. The Bertz CT molecular complexity index is 335. The fourth-order valence-electron chi connectivity index (χ4n) is 2.50. The topological polar surface area (TPSA) is 55.5 Å². The van der Waals surface area contributed by atoms with Gasteiger partial charge in [0.1, 0.15) is 5.60 Å². The van der Waals surface area contributed by atoms with Gasteiger partial charge >= 0.3 is 0 Å². The van der Waals surface area contributed by atoms with Crippen molar-refractivity contribution in [1.82, 2.24) is 0 Å². The van der Waals surface area contributed by atoms with Crippen LogP contribution in [0.4, 0.5) is 0 Å². The molecule has 0 amide bonds. The average molecular weight is 235 g/mol. The minimum atomic E-state index is -0.886. The molecular formula is C14H21NO2. The molecule has 1 saturated heterocycles. The van der Waals surface area contributed by atoms with Crippen molar-refractivity contribution in [3.05, 3.63) is 35.9 Å². The lowest BCUT2D eigenvalue weighted by atomic mass is 9.81. The summed E-state index contributed by atoms with van der Waals surface area (Å²) >= 11 is 0. The molecule has 1 fully saturated rings. The highest BCUT2D eigenvalue weighted by atomic mass is 16.5. The van der Waals surface area contributed by atoms with Crippen LogP contribution in [0.15, 0.2) is 30.3 Å². The standard InChI is InChI=1S/C14H21NO2/c15-11-14(16,13-4-2-1-3-5-13)10-12-6-8-17-9-7-12/h1-5,12,16H,6-11,15H2. The van der Waals surface area contributed by atoms with Gasteiger partial charge in [-0.1, -0.05) is 30.3 Å². The van der Waals surface area contributed by atoms with Gasteiger partial charge < -0.3 is 15.6 Å². The molecular weight excluding hydrogens is 214 g/mol. The molecule has 0 aromatic heterocycles. The minimum Gasteiger partial charge on any atom is -0.384 e. The molecule has 3 heteroatoms. The van der Waals surface area contributed by atoms with Crippen LogP contribution in [0, 0.1) is 5.92 Å². The highest BCUT2D eigenvalue weighted by molar-refractivity contribution is 5.22. The summed E-state index contributed by atoms with van der Waals surface area (Å²) < 4.78 is 5.34. The van der Waals surface area contributed by atoms with E-state index in [-0.39, 0.29) is 6.54 Å². The van der Waals surface area contributed by atoms with E-state index in [9.17, 15) is 5.11 Å². The van der Waals surface area contributed by atoms with Gasteiger partial charge in [-0.25, -0.2) is 0 Å². The molecule has 1 atom stereocenters. The van der Waals surface area contributed by atoms with Crippen molar-refractivity contribution >= 4 is 0 Å². The highest BCUT2D eigenvalue weighted by Crippen LogP contribution is 2.31. The first-order valence-electron chi connectivity index (χ1n) is 6.30. The molecule has 3 N–H and O–H groups in total. The third kappa shape index (κ3) is 3.06. The van der Waals surface area contributed by atoms with E-state index in [4.69, 9.17) is 10.5 Å². The Kier molecular flexibility index (Phi) is 4.15. The SMILES string of the molecule is NCC(O)(CC1CCOCC1)c1ccccc1. The van der Waals surface area contributed by atoms with Crippen molar-refractivity contribution < 1.29 is 9.84 Å². The third-order valence-electron chi connectivity index (χ3n) is 3.62. The lowest BCUT2D eigenvalue weighted by molar-refractivity contribution is -0.00960. The van der Waals surface area contributed by atoms with Crippen molar-refractivity contribution in [3.63, 3.8) is 0 Å². The fourth-order valence-corrected chi connectivity index (χ4v) is 2.50. The number of aliphatic hydroxyl groups is 1. The van der Waals surface area contributed by atoms with Gasteiger partial charge in [0.2, 0.25) is 0 Å². The Balaban J connectivity index is 2.08. The number of hydrogen-bond donors (Lipinski definition) is 2. The Morgan fingerprint density at radius 3 is 2.47 bits per heavy atom. The number of hydrogen-bond acceptors (Lipinski definition) is 3. The normalized spacial score (nSPS) is 21.1. The molecule has 0 bridgehead atoms. The van der Waals surface area contributed by atoms with E-state index in [2.05, 4.69) is 0 Å². The summed E-state index contributed by atoms with van der Waals surface area (Å²) in [4.78, 5) is 0. The summed E-state index contributed by atoms with van der Waals surface area (Å²) in [6, 6.07) is 9.74. The van der Waals surface area contributed by atoms with Crippen LogP contribution in [0.3, 0.4) is 0 Å². The summed E-state index contributed by atoms with van der Waals surface area (Å²) in [5, 5.41) is 10.7. The summed E-state index contributed by atoms with van der Waals surface area (Å²) in [6.45, 7) is 1.88. The van der Waals surface area contributed by atoms with Gasteiger partial charge in [-0.15, -0.1) is 0 Å². The molecule has 2 rings (SSSR count). The quantitative estimate of drug-likeness (QED) is 0.834. The third-order valence-corrected chi connectivity index (χ3v) is 3.62. The molecule has 1 unspecified atom stereocenters.